The van der Waals surface area contributed by atoms with Crippen LogP contribution in [0, 0.1) is 6.92 Å². The second kappa shape index (κ2) is 9.73. The van der Waals surface area contributed by atoms with Crippen LogP contribution < -0.4 is 5.73 Å². The van der Waals surface area contributed by atoms with Crippen molar-refractivity contribution in [2.24, 2.45) is 0 Å². The number of anilines is 1. The minimum atomic E-state index is -1.00. The molecule has 0 saturated carbocycles. The molecule has 0 amide bonds. The van der Waals surface area contributed by atoms with E-state index in [1.165, 1.54) is 12.4 Å². The van der Waals surface area contributed by atoms with Crippen LogP contribution in [0.3, 0.4) is 0 Å². The first kappa shape index (κ1) is 21.2. The number of aliphatic hydroxyl groups excluding tert-OH is 2. The highest BCUT2D eigenvalue weighted by atomic mass is 16.4. The largest absolute Gasteiger partial charge is 0.476 e. The average molecular weight is 392 g/mol. The Morgan fingerprint density at radius 1 is 1.39 bits per heavy atom. The van der Waals surface area contributed by atoms with Crippen molar-refractivity contribution >= 4 is 23.0 Å². The number of hydrogen-bond acceptors (Lipinski definition) is 9. The molecule has 3 aromatic rings. The lowest BCUT2D eigenvalue weighted by molar-refractivity contribution is 0.0690. The number of H-pyrrole nitrogens is 1. The van der Waals surface area contributed by atoms with Gasteiger partial charge >= 0.3 is 5.97 Å². The number of nitrogens with two attached hydrogens (primary N) is 1. The molecule has 152 valence electrons. The number of fused-ring (bicyclic) bond motifs is 1. The molecule has 0 radical (unpaired) electrons. The lowest BCUT2D eigenvalue weighted by Crippen LogP contribution is -2.33. The van der Waals surface area contributed by atoms with Crippen LogP contribution in [0.15, 0.2) is 18.7 Å². The Morgan fingerprint density at radius 3 is 2.71 bits per heavy atom. The van der Waals surface area contributed by atoms with Crippen LogP contribution in [0.4, 0.5) is 5.82 Å². The molecule has 12 heteroatoms. The number of rotatable bonds is 7. The molecule has 0 aromatic carbocycles. The first-order valence-electron chi connectivity index (χ1n) is 8.46. The predicted octanol–water partition coefficient (Wildman–Crippen LogP) is -0.890. The number of carbonyl (C=O) groups is 1. The number of imidazole rings is 1. The van der Waals surface area contributed by atoms with Crippen molar-refractivity contribution in [2.75, 3.05) is 32.5 Å². The molecule has 0 saturated heterocycles. The lowest BCUT2D eigenvalue weighted by Gasteiger charge is -2.20. The van der Waals surface area contributed by atoms with Gasteiger partial charge in [0.15, 0.2) is 17.2 Å². The van der Waals surface area contributed by atoms with Gasteiger partial charge in [-0.25, -0.2) is 19.7 Å². The number of aromatic carboxylic acids is 1. The molecular formula is C16H24N8O4. The van der Waals surface area contributed by atoms with Crippen molar-refractivity contribution in [1.82, 2.24) is 34.6 Å². The first-order chi connectivity index (χ1) is 13.3. The normalized spacial score (nSPS) is 12.0. The monoisotopic (exact) mass is 392 g/mol. The van der Waals surface area contributed by atoms with Gasteiger partial charge in [-0.1, -0.05) is 0 Å². The Morgan fingerprint density at radius 2 is 2.14 bits per heavy atom. The minimum Gasteiger partial charge on any atom is -0.476 e. The molecule has 0 aliphatic rings. The minimum absolute atomic E-state index is 0.0625. The van der Waals surface area contributed by atoms with E-state index in [2.05, 4.69) is 25.1 Å². The fourth-order valence-electron chi connectivity index (χ4n) is 2.51. The number of carboxylic acids is 1. The Labute approximate surface area is 160 Å². The first-order valence-corrected chi connectivity index (χ1v) is 8.46. The number of nitrogens with zero attached hydrogens (tertiary/aromatic N) is 6. The smallest absolute Gasteiger partial charge is 0.356 e. The van der Waals surface area contributed by atoms with E-state index in [4.69, 9.17) is 15.9 Å². The maximum Gasteiger partial charge on any atom is 0.356 e. The highest BCUT2D eigenvalue weighted by Gasteiger charge is 2.13. The number of aromatic amines is 1. The highest BCUT2D eigenvalue weighted by molar-refractivity contribution is 5.85. The molecule has 1 atom stereocenters. The van der Waals surface area contributed by atoms with Gasteiger partial charge in [-0.05, 0) is 20.0 Å². The lowest BCUT2D eigenvalue weighted by atomic mass is 10.3. The van der Waals surface area contributed by atoms with Crippen LogP contribution in [0.1, 0.15) is 16.2 Å². The Kier molecular flexibility index (Phi) is 7.37. The van der Waals surface area contributed by atoms with E-state index >= 15 is 0 Å². The van der Waals surface area contributed by atoms with E-state index in [1.54, 1.807) is 17.8 Å². The molecule has 3 rings (SSSR count). The number of nitrogens with one attached hydrogen (secondary N) is 1. The van der Waals surface area contributed by atoms with Gasteiger partial charge < -0.3 is 30.5 Å². The number of aromatic nitrogens is 6. The summed E-state index contributed by atoms with van der Waals surface area (Å²) in [4.78, 5) is 24.0. The highest BCUT2D eigenvalue weighted by Crippen LogP contribution is 2.15. The molecule has 12 nitrogen and oxygen atoms in total. The standard InChI is InChI=1S/C11H18N6O2.C5H6N2O2/c1-16(2-3-18)4-8(19)5-17-7-15-11-9(17)10(12)13-6-14-11;1-3-2-4(5(8)9)7-6-3/h6-8,18-19H,2-5H2,1H3,(H2,12,13,14);2H,1H3,(H,6,7)(H,8,9). The van der Waals surface area contributed by atoms with Crippen molar-refractivity contribution in [2.45, 2.75) is 19.6 Å². The van der Waals surface area contributed by atoms with Crippen molar-refractivity contribution in [3.8, 4) is 0 Å². The van der Waals surface area contributed by atoms with Crippen LogP contribution in [0.2, 0.25) is 0 Å². The Balaban J connectivity index is 0.000000261. The van der Waals surface area contributed by atoms with Gasteiger partial charge in [0.2, 0.25) is 0 Å². The zero-order valence-corrected chi connectivity index (χ0v) is 15.6. The van der Waals surface area contributed by atoms with Crippen LogP contribution in [0.25, 0.3) is 11.2 Å². The van der Waals surface area contributed by atoms with Crippen molar-refractivity contribution in [3.05, 3.63) is 30.1 Å². The van der Waals surface area contributed by atoms with Gasteiger partial charge in [-0.15, -0.1) is 0 Å². The summed E-state index contributed by atoms with van der Waals surface area (Å²) in [6.45, 7) is 3.14. The van der Waals surface area contributed by atoms with E-state index in [0.717, 1.165) is 5.69 Å². The zero-order valence-electron chi connectivity index (χ0n) is 15.6. The van der Waals surface area contributed by atoms with E-state index in [1.807, 2.05) is 11.9 Å². The van der Waals surface area contributed by atoms with Gasteiger partial charge in [0.25, 0.3) is 0 Å². The van der Waals surface area contributed by atoms with Crippen LogP contribution >= 0.6 is 0 Å². The summed E-state index contributed by atoms with van der Waals surface area (Å²) in [5, 5.41) is 33.2. The summed E-state index contributed by atoms with van der Waals surface area (Å²) in [6.07, 6.45) is 2.36. The van der Waals surface area contributed by atoms with E-state index in [-0.39, 0.29) is 12.3 Å². The average Bonchev–Trinajstić information content (AvgIpc) is 3.23. The maximum atomic E-state index is 10.1. The fraction of sp³-hybridized carbons (Fsp3) is 0.438. The number of carboxylic acid groups (broad SMARTS) is 1. The molecule has 0 aliphatic carbocycles. The van der Waals surface area contributed by atoms with Gasteiger partial charge in [0.1, 0.15) is 11.8 Å². The molecule has 0 bridgehead atoms. The van der Waals surface area contributed by atoms with Crippen LogP contribution in [-0.4, -0.2) is 88.8 Å². The van der Waals surface area contributed by atoms with Gasteiger partial charge in [0, 0.05) is 18.8 Å². The van der Waals surface area contributed by atoms with E-state index in [0.29, 0.717) is 36.6 Å². The summed E-state index contributed by atoms with van der Waals surface area (Å²) in [5.41, 5.74) is 7.76. The summed E-state index contributed by atoms with van der Waals surface area (Å²) < 4.78 is 1.74. The van der Waals surface area contributed by atoms with E-state index < -0.39 is 12.1 Å². The Bertz CT molecular complexity index is 909. The third kappa shape index (κ3) is 5.70. The molecule has 28 heavy (non-hydrogen) atoms. The molecule has 0 fully saturated rings. The van der Waals surface area contributed by atoms with Crippen molar-refractivity contribution in [1.29, 1.82) is 0 Å². The third-order valence-corrected chi connectivity index (χ3v) is 3.77. The maximum absolute atomic E-state index is 10.1. The molecule has 3 heterocycles. The summed E-state index contributed by atoms with van der Waals surface area (Å²) in [7, 11) is 1.84. The second-order valence-electron chi connectivity index (χ2n) is 6.21. The molecule has 3 aromatic heterocycles. The zero-order chi connectivity index (χ0) is 20.7. The molecule has 0 aliphatic heterocycles. The third-order valence-electron chi connectivity index (χ3n) is 3.77. The summed E-state index contributed by atoms with van der Waals surface area (Å²) >= 11 is 0. The van der Waals surface area contributed by atoms with Crippen LogP contribution in [-0.2, 0) is 6.54 Å². The molecule has 6 N–H and O–H groups in total. The van der Waals surface area contributed by atoms with Gasteiger partial charge in [-0.3, -0.25) is 5.10 Å². The number of likely N-dealkylation sites (N-methyl/N-ethyl adjacent to an activating group) is 1. The fourth-order valence-corrected chi connectivity index (χ4v) is 2.51. The second-order valence-corrected chi connectivity index (χ2v) is 6.21. The SMILES string of the molecule is CN(CCO)CC(O)Cn1cnc2ncnc(N)c21.Cc1cc(C(=O)O)n[nH]1. The summed E-state index contributed by atoms with van der Waals surface area (Å²) in [6, 6.07) is 1.47. The topological polar surface area (TPSA) is 179 Å². The van der Waals surface area contributed by atoms with Crippen molar-refractivity contribution in [3.63, 3.8) is 0 Å². The summed E-state index contributed by atoms with van der Waals surface area (Å²) in [5.74, 6) is -0.655. The molecule has 1 unspecified atom stereocenters. The number of aliphatic hydroxyl groups is 2. The number of nitrogen functional groups attached to an aromatic ring is 1. The van der Waals surface area contributed by atoms with Crippen molar-refractivity contribution < 1.29 is 20.1 Å². The van der Waals surface area contributed by atoms with Gasteiger partial charge in [-0.2, -0.15) is 5.10 Å². The Hall–Kier alpha value is -3.09. The molecule has 0 spiro atoms. The quantitative estimate of drug-likeness (QED) is 0.338. The molecular weight excluding hydrogens is 368 g/mol. The predicted molar refractivity (Wildman–Crippen MR) is 101 cm³/mol. The van der Waals surface area contributed by atoms with Crippen LogP contribution in [0.5, 0.6) is 0 Å². The number of hydrogen-bond donors (Lipinski definition) is 5. The number of aryl methyl sites for hydroxylation is 1. The van der Waals surface area contributed by atoms with Gasteiger partial charge in [0.05, 0.1) is 25.6 Å². The van der Waals surface area contributed by atoms with E-state index in [9.17, 15) is 9.90 Å².